The largest absolute Gasteiger partial charge is 0.333 e. The summed E-state index contributed by atoms with van der Waals surface area (Å²) < 4.78 is 27.8. The van der Waals surface area contributed by atoms with Crippen LogP contribution in [0, 0.1) is 24.5 Å². The molecule has 146 valence electrons. The van der Waals surface area contributed by atoms with Crippen LogP contribution in [0.2, 0.25) is 0 Å². The molecule has 1 aromatic carbocycles. The summed E-state index contributed by atoms with van der Waals surface area (Å²) >= 11 is 0. The molecule has 0 unspecified atom stereocenters. The first-order valence-corrected chi connectivity index (χ1v) is 9.80. The zero-order valence-electron chi connectivity index (χ0n) is 15.7. The van der Waals surface area contributed by atoms with Crippen molar-refractivity contribution in [3.8, 4) is 0 Å². The van der Waals surface area contributed by atoms with Crippen molar-refractivity contribution in [2.45, 2.75) is 37.8 Å². The minimum atomic E-state index is -0.570. The zero-order valence-corrected chi connectivity index (χ0v) is 15.7. The number of carbonyl (C=O) groups is 1. The molecule has 2 bridgehead atoms. The number of benzene rings is 1. The molecule has 28 heavy (non-hydrogen) atoms. The van der Waals surface area contributed by atoms with Crippen molar-refractivity contribution >= 4 is 5.91 Å². The molecule has 1 amide bonds. The predicted molar refractivity (Wildman–Crippen MR) is 98.8 cm³/mol. The number of amides is 1. The lowest BCUT2D eigenvalue weighted by molar-refractivity contribution is -0.00348. The van der Waals surface area contributed by atoms with Gasteiger partial charge in [-0.2, -0.15) is 0 Å². The molecule has 1 aromatic heterocycles. The van der Waals surface area contributed by atoms with E-state index in [0.29, 0.717) is 29.3 Å². The van der Waals surface area contributed by atoms with Gasteiger partial charge in [-0.1, -0.05) is 0 Å². The average Bonchev–Trinajstić information content (AvgIpc) is 3.11. The number of rotatable bonds is 2. The Morgan fingerprint density at radius 2 is 1.82 bits per heavy atom. The second-order valence-corrected chi connectivity index (χ2v) is 8.14. The molecule has 4 saturated heterocycles. The first-order chi connectivity index (χ1) is 13.5. The topological polar surface area (TPSA) is 49.3 Å². The number of piperidine rings is 3. The molecule has 6 rings (SSSR count). The van der Waals surface area contributed by atoms with Crippen LogP contribution in [0.3, 0.4) is 0 Å². The maximum atomic E-state index is 13.9. The van der Waals surface area contributed by atoms with E-state index in [0.717, 1.165) is 32.0 Å². The van der Waals surface area contributed by atoms with Crippen molar-refractivity contribution in [2.75, 3.05) is 19.6 Å². The highest BCUT2D eigenvalue weighted by molar-refractivity contribution is 5.95. The number of carbonyl (C=O) groups excluding carboxylic acids is 1. The van der Waals surface area contributed by atoms with Gasteiger partial charge in [-0.15, -0.1) is 0 Å². The van der Waals surface area contributed by atoms with Gasteiger partial charge in [0, 0.05) is 30.8 Å². The van der Waals surface area contributed by atoms with E-state index in [1.807, 2.05) is 4.90 Å². The number of nitrogens with zero attached hydrogens (tertiary/aromatic N) is 4. The molecule has 4 aliphatic heterocycles. The second kappa shape index (κ2) is 6.58. The van der Waals surface area contributed by atoms with Gasteiger partial charge in [-0.25, -0.2) is 18.7 Å². The summed E-state index contributed by atoms with van der Waals surface area (Å²) in [6, 6.07) is 3.89. The molecular formula is C21H22F2N4O. The fraction of sp³-hybridized carbons (Fsp3) is 0.476. The van der Waals surface area contributed by atoms with Gasteiger partial charge in [0.2, 0.25) is 0 Å². The summed E-state index contributed by atoms with van der Waals surface area (Å²) in [7, 11) is 0. The molecule has 5 nitrogen and oxygen atoms in total. The number of fused-ring (bicyclic) bond motifs is 2. The van der Waals surface area contributed by atoms with Crippen molar-refractivity contribution in [1.29, 1.82) is 0 Å². The summed E-state index contributed by atoms with van der Waals surface area (Å²) in [4.78, 5) is 25.9. The molecule has 3 atom stereocenters. The summed E-state index contributed by atoms with van der Waals surface area (Å²) in [5.74, 6) is -0.903. The smallest absolute Gasteiger partial charge is 0.257 e. The standard InChI is InChI=1S/C21H22F2N4O/c1-12-17(9-24-11-25-12)21(28)27-10-18(14-6-15(22)8-16(23)7-14)20-19(27)13-2-4-26(20)5-3-13/h6-9,11,13,18-20H,2-5,10H2,1H3/t18-,19+,20+/m0/s1. The molecule has 5 heterocycles. The van der Waals surface area contributed by atoms with E-state index in [-0.39, 0.29) is 23.9 Å². The summed E-state index contributed by atoms with van der Waals surface area (Å²) in [5, 5.41) is 0. The quantitative estimate of drug-likeness (QED) is 0.799. The average molecular weight is 384 g/mol. The molecule has 0 N–H and O–H groups in total. The molecular weight excluding hydrogens is 362 g/mol. The zero-order chi connectivity index (χ0) is 19.4. The van der Waals surface area contributed by atoms with Gasteiger partial charge in [-0.3, -0.25) is 9.69 Å². The van der Waals surface area contributed by atoms with Crippen molar-refractivity contribution in [1.82, 2.24) is 19.8 Å². The monoisotopic (exact) mass is 384 g/mol. The predicted octanol–water partition coefficient (Wildman–Crippen LogP) is 2.77. The Morgan fingerprint density at radius 3 is 2.50 bits per heavy atom. The number of aromatic nitrogens is 2. The number of hydrogen-bond acceptors (Lipinski definition) is 4. The minimum absolute atomic E-state index is 0.0611. The van der Waals surface area contributed by atoms with Crippen molar-refractivity contribution in [3.63, 3.8) is 0 Å². The number of hydrogen-bond donors (Lipinski definition) is 0. The molecule has 0 spiro atoms. The van der Waals surface area contributed by atoms with Crippen molar-refractivity contribution in [2.24, 2.45) is 5.92 Å². The Balaban J connectivity index is 1.56. The third kappa shape index (κ3) is 2.71. The number of likely N-dealkylation sites (tertiary alicyclic amines) is 1. The normalized spacial score (nSPS) is 31.1. The highest BCUT2D eigenvalue weighted by Gasteiger charge is 2.54. The number of halogens is 2. The van der Waals surface area contributed by atoms with Gasteiger partial charge >= 0.3 is 0 Å². The van der Waals surface area contributed by atoms with Crippen LogP contribution in [0.5, 0.6) is 0 Å². The lowest BCUT2D eigenvalue weighted by Gasteiger charge is -2.51. The van der Waals surface area contributed by atoms with E-state index in [2.05, 4.69) is 14.9 Å². The van der Waals surface area contributed by atoms with Crippen LogP contribution in [-0.4, -0.2) is 57.4 Å². The van der Waals surface area contributed by atoms with Crippen LogP contribution in [0.4, 0.5) is 8.78 Å². The van der Waals surface area contributed by atoms with Crippen LogP contribution < -0.4 is 0 Å². The Kier molecular flexibility index (Phi) is 4.16. The maximum absolute atomic E-state index is 13.9. The van der Waals surface area contributed by atoms with Gasteiger partial charge in [0.25, 0.3) is 5.91 Å². The molecule has 7 heteroatoms. The SMILES string of the molecule is Cc1ncncc1C(=O)N1C[C@@H](c2cc(F)cc(F)c2)[C@@H]2[C@H]1C1CCN2CC1. The highest BCUT2D eigenvalue weighted by atomic mass is 19.1. The van der Waals surface area contributed by atoms with Crippen molar-refractivity contribution < 1.29 is 13.6 Å². The summed E-state index contributed by atoms with van der Waals surface area (Å²) in [6.07, 6.45) is 5.11. The summed E-state index contributed by atoms with van der Waals surface area (Å²) in [5.41, 5.74) is 1.79. The molecule has 0 aliphatic carbocycles. The molecule has 2 aromatic rings. The van der Waals surface area contributed by atoms with E-state index >= 15 is 0 Å². The van der Waals surface area contributed by atoms with Crippen LogP contribution in [0.15, 0.2) is 30.7 Å². The van der Waals surface area contributed by atoms with Gasteiger partial charge in [0.15, 0.2) is 0 Å². The van der Waals surface area contributed by atoms with E-state index in [4.69, 9.17) is 0 Å². The van der Waals surface area contributed by atoms with Gasteiger partial charge in [0.1, 0.15) is 18.0 Å². The Labute approximate surface area is 162 Å². The third-order valence-electron chi connectivity index (χ3n) is 6.71. The second-order valence-electron chi connectivity index (χ2n) is 8.14. The van der Waals surface area contributed by atoms with Crippen LogP contribution in [0.25, 0.3) is 0 Å². The van der Waals surface area contributed by atoms with Gasteiger partial charge < -0.3 is 4.90 Å². The highest BCUT2D eigenvalue weighted by Crippen LogP contribution is 2.47. The summed E-state index contributed by atoms with van der Waals surface area (Å²) in [6.45, 7) is 4.22. The fourth-order valence-electron chi connectivity index (χ4n) is 5.49. The first-order valence-electron chi connectivity index (χ1n) is 9.80. The van der Waals surface area contributed by atoms with E-state index < -0.39 is 11.6 Å². The lowest BCUT2D eigenvalue weighted by Crippen LogP contribution is -2.60. The number of aryl methyl sites for hydroxylation is 1. The molecule has 4 fully saturated rings. The van der Waals surface area contributed by atoms with Gasteiger partial charge in [0.05, 0.1) is 17.3 Å². The van der Waals surface area contributed by atoms with E-state index in [9.17, 15) is 13.6 Å². The van der Waals surface area contributed by atoms with E-state index in [1.54, 1.807) is 13.1 Å². The molecule has 0 radical (unpaired) electrons. The first kappa shape index (κ1) is 17.7. The van der Waals surface area contributed by atoms with Gasteiger partial charge in [-0.05, 0) is 56.5 Å². The maximum Gasteiger partial charge on any atom is 0.257 e. The minimum Gasteiger partial charge on any atom is -0.333 e. The third-order valence-corrected chi connectivity index (χ3v) is 6.71. The lowest BCUT2D eigenvalue weighted by atomic mass is 9.75. The van der Waals surface area contributed by atoms with Crippen molar-refractivity contribution in [3.05, 3.63) is 59.2 Å². The van der Waals surface area contributed by atoms with E-state index in [1.165, 1.54) is 18.5 Å². The fourth-order valence-corrected chi connectivity index (χ4v) is 5.49. The van der Waals surface area contributed by atoms with Crippen LogP contribution >= 0.6 is 0 Å². The molecule has 0 saturated carbocycles. The Morgan fingerprint density at radius 1 is 1.11 bits per heavy atom. The van der Waals surface area contributed by atoms with Crippen LogP contribution in [-0.2, 0) is 0 Å². The Bertz CT molecular complexity index is 908. The van der Waals surface area contributed by atoms with Crippen LogP contribution in [0.1, 0.15) is 40.4 Å². The Hall–Kier alpha value is -2.41. The molecule has 4 aliphatic rings.